The Morgan fingerprint density at radius 1 is 0.958 bits per heavy atom. The lowest BCUT2D eigenvalue weighted by Crippen LogP contribution is -2.27. The molecular formula is C19H15FN2O2. The molecule has 0 bridgehead atoms. The molecule has 0 fully saturated rings. The highest BCUT2D eigenvalue weighted by Gasteiger charge is 2.25. The van der Waals surface area contributed by atoms with Crippen molar-refractivity contribution in [3.8, 4) is 11.1 Å². The third-order valence-electron chi connectivity index (χ3n) is 3.85. The van der Waals surface area contributed by atoms with E-state index in [-0.39, 0.29) is 5.56 Å². The summed E-state index contributed by atoms with van der Waals surface area (Å²) in [5, 5.41) is 9.02. The van der Waals surface area contributed by atoms with E-state index >= 15 is 0 Å². The quantitative estimate of drug-likeness (QED) is 0.570. The van der Waals surface area contributed by atoms with Crippen LogP contribution in [0, 0.1) is 5.82 Å². The molecule has 120 valence electrons. The molecule has 3 aromatic rings. The van der Waals surface area contributed by atoms with Gasteiger partial charge in [0.1, 0.15) is 5.82 Å². The number of rotatable bonds is 4. The second kappa shape index (κ2) is 7.02. The number of pyridine rings is 1. The smallest absolute Gasteiger partial charge is 0.255 e. The van der Waals surface area contributed by atoms with E-state index in [1.807, 2.05) is 24.3 Å². The molecule has 0 aliphatic carbocycles. The molecule has 1 aromatic heterocycles. The highest BCUT2D eigenvalue weighted by Crippen LogP contribution is 2.29. The highest BCUT2D eigenvalue weighted by molar-refractivity contribution is 5.86. The Hall–Kier alpha value is -3.05. The first-order valence-corrected chi connectivity index (χ1v) is 7.39. The van der Waals surface area contributed by atoms with Crippen molar-refractivity contribution in [1.29, 1.82) is 0 Å². The van der Waals surface area contributed by atoms with Crippen LogP contribution in [0.4, 0.5) is 4.39 Å². The van der Waals surface area contributed by atoms with Crippen molar-refractivity contribution in [3.63, 3.8) is 0 Å². The second-order valence-electron chi connectivity index (χ2n) is 5.29. The highest BCUT2D eigenvalue weighted by atomic mass is 19.1. The Balaban J connectivity index is 2.00. The van der Waals surface area contributed by atoms with E-state index in [4.69, 9.17) is 5.21 Å². The fourth-order valence-corrected chi connectivity index (χ4v) is 2.66. The fraction of sp³-hybridized carbons (Fsp3) is 0.0526. The maximum absolute atomic E-state index is 14.1. The predicted octanol–water partition coefficient (Wildman–Crippen LogP) is 3.53. The van der Waals surface area contributed by atoms with E-state index in [1.165, 1.54) is 12.1 Å². The van der Waals surface area contributed by atoms with E-state index in [2.05, 4.69) is 4.98 Å². The van der Waals surface area contributed by atoms with Gasteiger partial charge in [-0.3, -0.25) is 15.0 Å². The van der Waals surface area contributed by atoms with Crippen molar-refractivity contribution < 1.29 is 14.4 Å². The average Bonchev–Trinajstić information content (AvgIpc) is 2.64. The summed E-state index contributed by atoms with van der Waals surface area (Å²) in [6.07, 6.45) is 3.40. The molecule has 0 saturated carbocycles. The van der Waals surface area contributed by atoms with E-state index in [9.17, 15) is 9.18 Å². The predicted molar refractivity (Wildman–Crippen MR) is 87.8 cm³/mol. The zero-order chi connectivity index (χ0) is 16.9. The molecule has 1 heterocycles. The molecule has 3 rings (SSSR count). The van der Waals surface area contributed by atoms with Crippen molar-refractivity contribution in [1.82, 2.24) is 10.5 Å². The van der Waals surface area contributed by atoms with Crippen molar-refractivity contribution >= 4 is 5.91 Å². The molecular weight excluding hydrogens is 307 g/mol. The number of benzene rings is 2. The Morgan fingerprint density at radius 2 is 1.58 bits per heavy atom. The number of hydrogen-bond acceptors (Lipinski definition) is 3. The van der Waals surface area contributed by atoms with Gasteiger partial charge in [0, 0.05) is 18.0 Å². The SMILES string of the molecule is O=C(NO)C(c1ccc(-c2ccncc2)cc1)c1ccccc1F. The monoisotopic (exact) mass is 322 g/mol. The number of nitrogens with zero attached hydrogens (tertiary/aromatic N) is 1. The van der Waals surface area contributed by atoms with Crippen LogP contribution >= 0.6 is 0 Å². The summed E-state index contributed by atoms with van der Waals surface area (Å²) in [5.41, 5.74) is 4.37. The molecule has 4 nitrogen and oxygen atoms in total. The zero-order valence-electron chi connectivity index (χ0n) is 12.7. The fourth-order valence-electron chi connectivity index (χ4n) is 2.66. The molecule has 0 aliphatic heterocycles. The van der Waals surface area contributed by atoms with Crippen LogP contribution < -0.4 is 5.48 Å². The van der Waals surface area contributed by atoms with Gasteiger partial charge in [-0.25, -0.2) is 9.87 Å². The first kappa shape index (κ1) is 15.8. The molecule has 5 heteroatoms. The summed E-state index contributed by atoms with van der Waals surface area (Å²) in [7, 11) is 0. The Kier molecular flexibility index (Phi) is 4.63. The zero-order valence-corrected chi connectivity index (χ0v) is 12.7. The third-order valence-corrected chi connectivity index (χ3v) is 3.85. The molecule has 1 unspecified atom stereocenters. The summed E-state index contributed by atoms with van der Waals surface area (Å²) in [5.74, 6) is -2.11. The molecule has 2 N–H and O–H groups in total. The minimum Gasteiger partial charge on any atom is -0.289 e. The number of carbonyl (C=O) groups excluding carboxylic acids is 1. The minimum absolute atomic E-state index is 0.209. The number of amides is 1. The molecule has 1 amide bonds. The summed E-state index contributed by atoms with van der Waals surface area (Å²) in [6, 6.07) is 17.0. The van der Waals surface area contributed by atoms with Crippen molar-refractivity contribution in [2.24, 2.45) is 0 Å². The minimum atomic E-state index is -0.928. The Bertz CT molecular complexity index is 836. The van der Waals surface area contributed by atoms with Crippen LogP contribution in [0.15, 0.2) is 73.1 Å². The van der Waals surface area contributed by atoms with Gasteiger partial charge in [0.2, 0.25) is 0 Å². The van der Waals surface area contributed by atoms with Gasteiger partial charge < -0.3 is 0 Å². The van der Waals surface area contributed by atoms with E-state index in [0.29, 0.717) is 5.56 Å². The number of aromatic nitrogens is 1. The second-order valence-corrected chi connectivity index (χ2v) is 5.29. The van der Waals surface area contributed by atoms with Gasteiger partial charge in [0.05, 0.1) is 5.92 Å². The van der Waals surface area contributed by atoms with Crippen LogP contribution in [0.5, 0.6) is 0 Å². The summed E-state index contributed by atoms with van der Waals surface area (Å²) in [4.78, 5) is 16.1. The lowest BCUT2D eigenvalue weighted by molar-refractivity contribution is -0.129. The molecule has 2 aromatic carbocycles. The summed E-state index contributed by atoms with van der Waals surface area (Å²) in [6.45, 7) is 0. The molecule has 0 aliphatic rings. The van der Waals surface area contributed by atoms with E-state index in [1.54, 1.807) is 42.1 Å². The lowest BCUT2D eigenvalue weighted by Gasteiger charge is -2.17. The van der Waals surface area contributed by atoms with Gasteiger partial charge in [-0.1, -0.05) is 42.5 Å². The molecule has 24 heavy (non-hydrogen) atoms. The number of nitrogens with one attached hydrogen (secondary N) is 1. The first-order chi connectivity index (χ1) is 11.7. The van der Waals surface area contributed by atoms with Gasteiger partial charge >= 0.3 is 0 Å². The Labute approximate surface area is 138 Å². The van der Waals surface area contributed by atoms with E-state index in [0.717, 1.165) is 11.1 Å². The largest absolute Gasteiger partial charge is 0.289 e. The standard InChI is InChI=1S/C19H15FN2O2/c20-17-4-2-1-3-16(17)18(19(23)22-24)15-7-5-13(6-8-15)14-9-11-21-12-10-14/h1-12,18,24H,(H,22,23). The first-order valence-electron chi connectivity index (χ1n) is 7.39. The maximum Gasteiger partial charge on any atom is 0.255 e. The molecule has 0 radical (unpaired) electrons. The number of hydrogen-bond donors (Lipinski definition) is 2. The van der Waals surface area contributed by atoms with Gasteiger partial charge in [-0.15, -0.1) is 0 Å². The van der Waals surface area contributed by atoms with Gasteiger partial charge in [0.25, 0.3) is 5.91 Å². The molecule has 0 spiro atoms. The van der Waals surface area contributed by atoms with Crippen LogP contribution in [-0.4, -0.2) is 16.1 Å². The van der Waals surface area contributed by atoms with Crippen molar-refractivity contribution in [2.45, 2.75) is 5.92 Å². The van der Waals surface area contributed by atoms with Crippen LogP contribution in [0.25, 0.3) is 11.1 Å². The topological polar surface area (TPSA) is 62.2 Å². The van der Waals surface area contributed by atoms with E-state index < -0.39 is 17.6 Å². The van der Waals surface area contributed by atoms with Crippen LogP contribution in [0.1, 0.15) is 17.0 Å². The summed E-state index contributed by atoms with van der Waals surface area (Å²) >= 11 is 0. The molecule has 1 atom stereocenters. The number of carbonyl (C=O) groups is 1. The number of hydroxylamine groups is 1. The lowest BCUT2D eigenvalue weighted by atomic mass is 9.89. The average molecular weight is 322 g/mol. The normalized spacial score (nSPS) is 11.8. The molecule has 0 saturated heterocycles. The van der Waals surface area contributed by atoms with Gasteiger partial charge in [0.15, 0.2) is 0 Å². The van der Waals surface area contributed by atoms with Crippen LogP contribution in [-0.2, 0) is 4.79 Å². The summed E-state index contributed by atoms with van der Waals surface area (Å²) < 4.78 is 14.1. The number of halogens is 1. The maximum atomic E-state index is 14.1. The van der Waals surface area contributed by atoms with Gasteiger partial charge in [-0.05, 0) is 34.9 Å². The van der Waals surface area contributed by atoms with Gasteiger partial charge in [-0.2, -0.15) is 0 Å². The van der Waals surface area contributed by atoms with Crippen molar-refractivity contribution in [2.75, 3.05) is 0 Å². The Morgan fingerprint density at radius 3 is 2.21 bits per heavy atom. The van der Waals surface area contributed by atoms with Crippen LogP contribution in [0.2, 0.25) is 0 Å². The third kappa shape index (κ3) is 3.16. The van der Waals surface area contributed by atoms with Crippen molar-refractivity contribution in [3.05, 3.63) is 90.0 Å². The van der Waals surface area contributed by atoms with Crippen LogP contribution in [0.3, 0.4) is 0 Å².